The van der Waals surface area contributed by atoms with Gasteiger partial charge in [-0.15, -0.1) is 0 Å². The molecule has 0 spiro atoms. The molecule has 3 rings (SSSR count). The van der Waals surface area contributed by atoms with Crippen LogP contribution in [-0.2, 0) is 6.54 Å². The van der Waals surface area contributed by atoms with E-state index < -0.39 is 0 Å². The lowest BCUT2D eigenvalue weighted by Crippen LogP contribution is -2.30. The van der Waals surface area contributed by atoms with Gasteiger partial charge in [0.15, 0.2) is 17.1 Å². The van der Waals surface area contributed by atoms with Crippen LogP contribution in [0.25, 0.3) is 11.0 Å². The van der Waals surface area contributed by atoms with Crippen molar-refractivity contribution in [2.24, 2.45) is 0 Å². The number of carbonyl (C=O) groups excluding carboxylic acids is 1. The second-order valence-corrected chi connectivity index (χ2v) is 8.18. The number of amides is 1. The van der Waals surface area contributed by atoms with Crippen molar-refractivity contribution in [3.05, 3.63) is 47.3 Å². The number of hydrogen-bond donors (Lipinski definition) is 0. The molecule has 0 saturated carbocycles. The number of ether oxygens (including phenoxy) is 2. The van der Waals surface area contributed by atoms with Gasteiger partial charge >= 0.3 is 0 Å². The first-order valence-electron chi connectivity index (χ1n) is 10.7. The van der Waals surface area contributed by atoms with Gasteiger partial charge in [0.25, 0.3) is 5.91 Å². The van der Waals surface area contributed by atoms with Gasteiger partial charge in [-0.3, -0.25) is 4.79 Å². The average molecular weight is 425 g/mol. The summed E-state index contributed by atoms with van der Waals surface area (Å²) in [4.78, 5) is 20.3. The molecule has 0 N–H and O–H groups in total. The van der Waals surface area contributed by atoms with Gasteiger partial charge in [0.05, 0.1) is 31.4 Å². The van der Waals surface area contributed by atoms with Gasteiger partial charge in [0.2, 0.25) is 0 Å². The number of pyridine rings is 1. The molecule has 3 aromatic rings. The fourth-order valence-corrected chi connectivity index (χ4v) is 3.58. The van der Waals surface area contributed by atoms with Crippen LogP contribution >= 0.6 is 0 Å². The van der Waals surface area contributed by atoms with Crippen LogP contribution in [0, 0.1) is 0 Å². The number of benzene rings is 1. The van der Waals surface area contributed by atoms with Crippen LogP contribution in [0.4, 0.5) is 0 Å². The predicted molar refractivity (Wildman–Crippen MR) is 122 cm³/mol. The van der Waals surface area contributed by atoms with Gasteiger partial charge in [0, 0.05) is 24.8 Å². The van der Waals surface area contributed by atoms with Crippen molar-refractivity contribution in [2.75, 3.05) is 20.8 Å². The smallest absolute Gasteiger partial charge is 0.255 e. The van der Waals surface area contributed by atoms with E-state index in [9.17, 15) is 4.79 Å². The van der Waals surface area contributed by atoms with Gasteiger partial charge in [0.1, 0.15) is 0 Å². The number of aromatic nitrogens is 3. The molecular formula is C24H32N4O3. The standard InChI is InChI=1S/C24H32N4O3/c1-8-27(14-17-9-10-21(30-6)22(11-17)31-7)24(29)18-12-20(15(2)3)26-23-19(18)13-25-28(23)16(4)5/h9-13,15-16H,8,14H2,1-7H3. The second-order valence-electron chi connectivity index (χ2n) is 8.18. The van der Waals surface area contributed by atoms with E-state index in [0.29, 0.717) is 30.2 Å². The summed E-state index contributed by atoms with van der Waals surface area (Å²) in [7, 11) is 3.22. The lowest BCUT2D eigenvalue weighted by Gasteiger charge is -2.22. The van der Waals surface area contributed by atoms with Gasteiger partial charge in [-0.1, -0.05) is 19.9 Å². The lowest BCUT2D eigenvalue weighted by molar-refractivity contribution is 0.0754. The minimum absolute atomic E-state index is 0.0325. The Morgan fingerprint density at radius 2 is 1.81 bits per heavy atom. The zero-order valence-corrected chi connectivity index (χ0v) is 19.5. The highest BCUT2D eigenvalue weighted by atomic mass is 16.5. The van der Waals surface area contributed by atoms with Crippen molar-refractivity contribution in [3.8, 4) is 11.5 Å². The largest absolute Gasteiger partial charge is 0.493 e. The van der Waals surface area contributed by atoms with E-state index >= 15 is 0 Å². The molecule has 0 aliphatic heterocycles. The summed E-state index contributed by atoms with van der Waals surface area (Å²) in [6, 6.07) is 7.80. The Morgan fingerprint density at radius 3 is 2.39 bits per heavy atom. The maximum atomic E-state index is 13.6. The van der Waals surface area contributed by atoms with E-state index in [4.69, 9.17) is 14.5 Å². The fourth-order valence-electron chi connectivity index (χ4n) is 3.58. The molecule has 0 unspecified atom stereocenters. The van der Waals surface area contributed by atoms with Gasteiger partial charge in [-0.05, 0) is 50.5 Å². The number of nitrogens with zero attached hydrogens (tertiary/aromatic N) is 4. The lowest BCUT2D eigenvalue weighted by atomic mass is 10.0. The van der Waals surface area contributed by atoms with Crippen LogP contribution < -0.4 is 9.47 Å². The minimum atomic E-state index is -0.0325. The summed E-state index contributed by atoms with van der Waals surface area (Å²) < 4.78 is 12.6. The molecule has 0 fully saturated rings. The molecule has 7 heteroatoms. The fraction of sp³-hybridized carbons (Fsp3) is 0.458. The molecule has 0 saturated heterocycles. The third-order valence-corrected chi connectivity index (χ3v) is 5.39. The van der Waals surface area contributed by atoms with Crippen molar-refractivity contribution in [3.63, 3.8) is 0 Å². The van der Waals surface area contributed by atoms with Crippen molar-refractivity contribution in [1.29, 1.82) is 0 Å². The Morgan fingerprint density at radius 1 is 1.10 bits per heavy atom. The molecule has 0 radical (unpaired) electrons. The van der Waals surface area contributed by atoms with Gasteiger partial charge in [-0.2, -0.15) is 5.10 Å². The molecule has 7 nitrogen and oxygen atoms in total. The first-order chi connectivity index (χ1) is 14.8. The number of carbonyl (C=O) groups is 1. The van der Waals surface area contributed by atoms with Crippen LogP contribution in [0.2, 0.25) is 0 Å². The number of fused-ring (bicyclic) bond motifs is 1. The Labute approximate surface area is 184 Å². The van der Waals surface area contributed by atoms with Crippen LogP contribution in [0.3, 0.4) is 0 Å². The Bertz CT molecular complexity index is 1070. The van der Waals surface area contributed by atoms with E-state index in [1.807, 2.05) is 40.8 Å². The van der Waals surface area contributed by atoms with Crippen molar-refractivity contribution in [1.82, 2.24) is 19.7 Å². The Balaban J connectivity index is 2.02. The highest BCUT2D eigenvalue weighted by Crippen LogP contribution is 2.29. The molecule has 0 atom stereocenters. The van der Waals surface area contributed by atoms with Gasteiger partial charge in [-0.25, -0.2) is 9.67 Å². The van der Waals surface area contributed by atoms with Crippen LogP contribution in [-0.4, -0.2) is 46.3 Å². The zero-order chi connectivity index (χ0) is 22.7. The number of rotatable bonds is 8. The summed E-state index contributed by atoms with van der Waals surface area (Å²) in [5.74, 6) is 1.48. The van der Waals surface area contributed by atoms with E-state index in [2.05, 4.69) is 32.8 Å². The summed E-state index contributed by atoms with van der Waals surface area (Å²) in [5.41, 5.74) is 3.26. The highest BCUT2D eigenvalue weighted by Gasteiger charge is 2.23. The van der Waals surface area contributed by atoms with Crippen LogP contribution in [0.15, 0.2) is 30.5 Å². The molecule has 2 heterocycles. The molecule has 31 heavy (non-hydrogen) atoms. The quantitative estimate of drug-likeness (QED) is 0.519. The predicted octanol–water partition coefficient (Wildman–Crippen LogP) is 4.82. The number of methoxy groups -OCH3 is 2. The van der Waals surface area contributed by atoms with Gasteiger partial charge < -0.3 is 14.4 Å². The maximum Gasteiger partial charge on any atom is 0.255 e. The molecule has 166 valence electrons. The highest BCUT2D eigenvalue weighted by molar-refractivity contribution is 6.05. The van der Waals surface area contributed by atoms with Crippen molar-refractivity contribution >= 4 is 16.9 Å². The van der Waals surface area contributed by atoms with Crippen LogP contribution in [0.5, 0.6) is 11.5 Å². The summed E-state index contributed by atoms with van der Waals surface area (Å²) in [5, 5.41) is 5.29. The third-order valence-electron chi connectivity index (χ3n) is 5.39. The van der Waals surface area contributed by atoms with Crippen LogP contribution in [0.1, 0.15) is 68.2 Å². The molecular weight excluding hydrogens is 392 g/mol. The minimum Gasteiger partial charge on any atom is -0.493 e. The molecule has 1 aromatic carbocycles. The third kappa shape index (κ3) is 4.50. The van der Waals surface area contributed by atoms with Crippen molar-refractivity contribution < 1.29 is 14.3 Å². The SMILES string of the molecule is CCN(Cc1ccc(OC)c(OC)c1)C(=O)c1cc(C(C)C)nc2c1cnn2C(C)C. The molecule has 0 aliphatic rings. The zero-order valence-electron chi connectivity index (χ0n) is 19.5. The van der Waals surface area contributed by atoms with E-state index in [1.165, 1.54) is 0 Å². The molecule has 2 aromatic heterocycles. The summed E-state index contributed by atoms with van der Waals surface area (Å²) in [6.07, 6.45) is 1.75. The van der Waals surface area contributed by atoms with E-state index in [-0.39, 0.29) is 17.9 Å². The molecule has 1 amide bonds. The van der Waals surface area contributed by atoms with E-state index in [1.54, 1.807) is 20.4 Å². The Hall–Kier alpha value is -3.09. The topological polar surface area (TPSA) is 69.5 Å². The molecule has 0 bridgehead atoms. The summed E-state index contributed by atoms with van der Waals surface area (Å²) >= 11 is 0. The second kappa shape index (κ2) is 9.37. The number of hydrogen-bond acceptors (Lipinski definition) is 5. The van der Waals surface area contributed by atoms with Crippen molar-refractivity contribution in [2.45, 2.75) is 53.1 Å². The average Bonchev–Trinajstić information content (AvgIpc) is 3.20. The normalized spacial score (nSPS) is 11.4. The monoisotopic (exact) mass is 424 g/mol. The van der Waals surface area contributed by atoms with E-state index in [0.717, 1.165) is 22.3 Å². The Kier molecular flexibility index (Phi) is 6.83. The molecule has 0 aliphatic carbocycles. The first-order valence-corrected chi connectivity index (χ1v) is 10.7. The summed E-state index contributed by atoms with van der Waals surface area (Å²) in [6.45, 7) is 11.3. The maximum absolute atomic E-state index is 13.6. The first kappa shape index (κ1) is 22.6.